The quantitative estimate of drug-likeness (QED) is 0.517. The molecule has 0 fully saturated rings. The third-order valence-corrected chi connectivity index (χ3v) is 5.31. The molecule has 4 rings (SSSR count). The van der Waals surface area contributed by atoms with Gasteiger partial charge in [-0.2, -0.15) is 5.10 Å². The summed E-state index contributed by atoms with van der Waals surface area (Å²) < 4.78 is 18.9. The van der Waals surface area contributed by atoms with Gasteiger partial charge in [0.25, 0.3) is 5.91 Å². The van der Waals surface area contributed by atoms with Crippen molar-refractivity contribution in [3.05, 3.63) is 53.0 Å². The van der Waals surface area contributed by atoms with E-state index < -0.39 is 0 Å². The Bertz CT molecular complexity index is 1060. The molecule has 0 N–H and O–H groups in total. The van der Waals surface area contributed by atoms with Gasteiger partial charge in [-0.1, -0.05) is 12.1 Å². The van der Waals surface area contributed by atoms with Gasteiger partial charge in [-0.25, -0.2) is 4.98 Å². The van der Waals surface area contributed by atoms with Gasteiger partial charge in [0.05, 0.1) is 19.3 Å². The van der Waals surface area contributed by atoms with Crippen molar-refractivity contribution in [2.45, 2.75) is 40.3 Å². The van der Waals surface area contributed by atoms with Crippen molar-refractivity contribution in [2.75, 3.05) is 26.4 Å². The summed E-state index contributed by atoms with van der Waals surface area (Å²) >= 11 is 0. The van der Waals surface area contributed by atoms with E-state index in [4.69, 9.17) is 19.0 Å². The Morgan fingerprint density at radius 1 is 1.29 bits per heavy atom. The molecule has 164 valence electrons. The third-order valence-electron chi connectivity index (χ3n) is 5.31. The van der Waals surface area contributed by atoms with Crippen LogP contribution >= 0.6 is 0 Å². The van der Waals surface area contributed by atoms with Crippen LogP contribution in [-0.4, -0.2) is 51.9 Å². The van der Waals surface area contributed by atoms with E-state index in [1.54, 1.807) is 6.20 Å². The maximum Gasteiger partial charge on any atom is 0.260 e. The van der Waals surface area contributed by atoms with Gasteiger partial charge >= 0.3 is 0 Å². The van der Waals surface area contributed by atoms with Crippen LogP contribution < -0.4 is 4.74 Å². The highest BCUT2D eigenvalue weighted by Crippen LogP contribution is 2.30. The minimum atomic E-state index is -0.0521. The van der Waals surface area contributed by atoms with Crippen LogP contribution in [0, 0.1) is 13.8 Å². The number of oxazole rings is 1. The first-order valence-corrected chi connectivity index (χ1v) is 10.6. The van der Waals surface area contributed by atoms with Gasteiger partial charge in [-0.05, 0) is 38.5 Å². The van der Waals surface area contributed by atoms with Gasteiger partial charge in [0, 0.05) is 37.4 Å². The van der Waals surface area contributed by atoms with Crippen LogP contribution in [-0.2, 0) is 29.0 Å². The average molecular weight is 425 g/mol. The van der Waals surface area contributed by atoms with Crippen LogP contribution in [0.5, 0.6) is 5.75 Å². The summed E-state index contributed by atoms with van der Waals surface area (Å²) in [6.45, 7) is 8.81. The lowest BCUT2D eigenvalue weighted by Gasteiger charge is -2.27. The summed E-state index contributed by atoms with van der Waals surface area (Å²) in [7, 11) is 0. The van der Waals surface area contributed by atoms with E-state index in [0.29, 0.717) is 56.6 Å². The van der Waals surface area contributed by atoms with Crippen molar-refractivity contribution < 1.29 is 18.7 Å². The van der Waals surface area contributed by atoms with Crippen LogP contribution in [0.25, 0.3) is 11.6 Å². The fraction of sp³-hybridized carbons (Fsp3) is 0.435. The molecule has 0 saturated heterocycles. The molecule has 3 aromatic rings. The molecule has 2 aromatic heterocycles. The highest BCUT2D eigenvalue weighted by molar-refractivity contribution is 5.78. The molecule has 8 heteroatoms. The highest BCUT2D eigenvalue weighted by Gasteiger charge is 2.29. The second-order valence-corrected chi connectivity index (χ2v) is 7.64. The second kappa shape index (κ2) is 9.34. The van der Waals surface area contributed by atoms with E-state index in [0.717, 1.165) is 22.6 Å². The average Bonchev–Trinajstić information content (AvgIpc) is 3.35. The standard InChI is InChI=1S/C23H28N4O4/c1-4-29-11-10-27-20-8-9-26(21(28)15-30-18-7-5-6-16(2)12-18)14-19(20)22(25-27)23-24-13-17(3)31-23/h5-7,12-13H,4,8-11,14-15H2,1-3H3. The number of nitrogens with zero attached hydrogens (tertiary/aromatic N) is 4. The predicted molar refractivity (Wildman–Crippen MR) is 115 cm³/mol. The summed E-state index contributed by atoms with van der Waals surface area (Å²) in [5.41, 5.74) is 3.87. The molecule has 3 heterocycles. The number of rotatable bonds is 8. The van der Waals surface area contributed by atoms with Gasteiger partial charge in [0.1, 0.15) is 11.5 Å². The lowest BCUT2D eigenvalue weighted by atomic mass is 10.0. The zero-order valence-corrected chi connectivity index (χ0v) is 18.3. The smallest absolute Gasteiger partial charge is 0.260 e. The van der Waals surface area contributed by atoms with Gasteiger partial charge in [0.2, 0.25) is 5.89 Å². The zero-order chi connectivity index (χ0) is 21.8. The Kier molecular flexibility index (Phi) is 6.36. The lowest BCUT2D eigenvalue weighted by Crippen LogP contribution is -2.39. The Morgan fingerprint density at radius 3 is 2.90 bits per heavy atom. The van der Waals surface area contributed by atoms with Crippen LogP contribution in [0.3, 0.4) is 0 Å². The first-order chi connectivity index (χ1) is 15.0. The molecular weight excluding hydrogens is 396 g/mol. The fourth-order valence-corrected chi connectivity index (χ4v) is 3.76. The largest absolute Gasteiger partial charge is 0.484 e. The number of amides is 1. The van der Waals surface area contributed by atoms with E-state index in [2.05, 4.69) is 4.98 Å². The molecule has 1 aromatic carbocycles. The summed E-state index contributed by atoms with van der Waals surface area (Å²) in [6.07, 6.45) is 2.40. The highest BCUT2D eigenvalue weighted by atomic mass is 16.5. The first-order valence-electron chi connectivity index (χ1n) is 10.6. The molecule has 0 radical (unpaired) electrons. The van der Waals surface area contributed by atoms with Crippen LogP contribution in [0.1, 0.15) is 29.5 Å². The molecule has 0 bridgehead atoms. The molecule has 0 unspecified atom stereocenters. The van der Waals surface area contributed by atoms with E-state index >= 15 is 0 Å². The Morgan fingerprint density at radius 2 is 2.16 bits per heavy atom. The molecule has 1 aliphatic rings. The first kappa shape index (κ1) is 21.1. The number of carbonyl (C=O) groups excluding carboxylic acids is 1. The molecule has 0 atom stereocenters. The maximum atomic E-state index is 12.9. The summed E-state index contributed by atoms with van der Waals surface area (Å²) in [5, 5.41) is 4.76. The molecule has 1 amide bonds. The Balaban J connectivity index is 1.51. The number of benzene rings is 1. The number of aryl methyl sites for hydroxylation is 2. The minimum absolute atomic E-state index is 0.00467. The van der Waals surface area contributed by atoms with Crippen molar-refractivity contribution in [2.24, 2.45) is 0 Å². The van der Waals surface area contributed by atoms with Crippen LogP contribution in [0.15, 0.2) is 34.9 Å². The normalized spacial score (nSPS) is 13.3. The topological polar surface area (TPSA) is 82.6 Å². The van der Waals surface area contributed by atoms with Crippen LogP contribution in [0.4, 0.5) is 0 Å². The SMILES string of the molecule is CCOCCn1nc(-c2ncc(C)o2)c2c1CCN(C(=O)COc1cccc(C)c1)C2. The number of fused-ring (bicyclic) bond motifs is 1. The van der Waals surface area contributed by atoms with Crippen molar-refractivity contribution in [1.82, 2.24) is 19.7 Å². The van der Waals surface area contributed by atoms with Gasteiger partial charge < -0.3 is 18.8 Å². The second-order valence-electron chi connectivity index (χ2n) is 7.64. The molecule has 0 spiro atoms. The Labute approximate surface area is 181 Å². The predicted octanol–water partition coefficient (Wildman–Crippen LogP) is 3.16. The van der Waals surface area contributed by atoms with E-state index in [-0.39, 0.29) is 12.5 Å². The van der Waals surface area contributed by atoms with Gasteiger partial charge in [0.15, 0.2) is 12.3 Å². The van der Waals surface area contributed by atoms with Crippen molar-refractivity contribution in [3.63, 3.8) is 0 Å². The lowest BCUT2D eigenvalue weighted by molar-refractivity contribution is -0.134. The van der Waals surface area contributed by atoms with Gasteiger partial charge in [-0.15, -0.1) is 0 Å². The number of ether oxygens (including phenoxy) is 2. The molecule has 8 nitrogen and oxygen atoms in total. The Hall–Kier alpha value is -3.13. The molecule has 1 aliphatic heterocycles. The minimum Gasteiger partial charge on any atom is -0.484 e. The maximum absolute atomic E-state index is 12.9. The van der Waals surface area contributed by atoms with E-state index in [1.807, 2.05) is 54.6 Å². The summed E-state index contributed by atoms with van der Waals surface area (Å²) in [4.78, 5) is 19.0. The molecule has 0 saturated carbocycles. The van der Waals surface area contributed by atoms with Gasteiger partial charge in [-0.3, -0.25) is 9.48 Å². The van der Waals surface area contributed by atoms with Crippen molar-refractivity contribution in [3.8, 4) is 17.3 Å². The van der Waals surface area contributed by atoms with E-state index in [9.17, 15) is 4.79 Å². The number of carbonyl (C=O) groups is 1. The summed E-state index contributed by atoms with van der Waals surface area (Å²) in [6, 6.07) is 7.70. The molecule has 0 aliphatic carbocycles. The number of hydrogen-bond acceptors (Lipinski definition) is 6. The van der Waals surface area contributed by atoms with Crippen molar-refractivity contribution in [1.29, 1.82) is 0 Å². The molecular formula is C23H28N4O4. The summed E-state index contributed by atoms with van der Waals surface area (Å²) in [5.74, 6) is 1.85. The molecule has 31 heavy (non-hydrogen) atoms. The monoisotopic (exact) mass is 424 g/mol. The third kappa shape index (κ3) is 4.80. The van der Waals surface area contributed by atoms with E-state index in [1.165, 1.54) is 0 Å². The number of aromatic nitrogens is 3. The van der Waals surface area contributed by atoms with Crippen LogP contribution in [0.2, 0.25) is 0 Å². The zero-order valence-electron chi connectivity index (χ0n) is 18.3. The fourth-order valence-electron chi connectivity index (χ4n) is 3.76. The number of hydrogen-bond donors (Lipinski definition) is 0. The van der Waals surface area contributed by atoms with Crippen molar-refractivity contribution >= 4 is 5.91 Å².